The Morgan fingerprint density at radius 3 is 2.25 bits per heavy atom. The highest BCUT2D eigenvalue weighted by Gasteiger charge is 2.42. The minimum Gasteiger partial charge on any atom is -0.496 e. The van der Waals surface area contributed by atoms with Crippen molar-refractivity contribution in [2.24, 2.45) is 10.7 Å². The predicted octanol–water partition coefficient (Wildman–Crippen LogP) is 1.41. The zero-order chi connectivity index (χ0) is 44.7. The molecule has 3 rings (SSSR count). The summed E-state index contributed by atoms with van der Waals surface area (Å²) in [4.78, 5) is 73.1. The number of amides is 4. The molecule has 7 N–H and O–H groups in total. The number of nitrogens with one attached hydrogen (secondary N) is 5. The third kappa shape index (κ3) is 13.9. The maximum atomic E-state index is 14.0. The van der Waals surface area contributed by atoms with Crippen LogP contribution in [0.15, 0.2) is 16.0 Å². The van der Waals surface area contributed by atoms with Gasteiger partial charge in [0.1, 0.15) is 23.4 Å². The molecule has 0 radical (unpaired) electrons. The van der Waals surface area contributed by atoms with Crippen LogP contribution in [-0.4, -0.2) is 127 Å². The molecular weight excluding hydrogens is 801 g/mol. The van der Waals surface area contributed by atoms with E-state index in [1.807, 2.05) is 4.90 Å². The summed E-state index contributed by atoms with van der Waals surface area (Å²) in [5.41, 5.74) is 6.81. The maximum absolute atomic E-state index is 14.0. The SMILES string of the molecule is COc1cc(C)c(S(=O)(=O)NC(N)=NCCC[C@@H]2NC(=O)[C@@H]3C[C@@H](CN3CCO[Si](C)(C)C(C)(C)C)NC(=O)[C@H](CC(=O)OC(C)(C)C)NC(=O)CNC2=O)c(C)c1C. The van der Waals surface area contributed by atoms with Crippen molar-refractivity contribution in [1.29, 1.82) is 0 Å². The summed E-state index contributed by atoms with van der Waals surface area (Å²) in [7, 11) is -4.74. The molecule has 2 aliphatic rings. The van der Waals surface area contributed by atoms with Crippen LogP contribution in [0.25, 0.3) is 0 Å². The van der Waals surface area contributed by atoms with Crippen molar-refractivity contribution in [2.75, 3.05) is 39.9 Å². The third-order valence-corrected chi connectivity index (χ3v) is 17.0. The molecule has 1 aromatic carbocycles. The van der Waals surface area contributed by atoms with Gasteiger partial charge in [0.2, 0.25) is 29.6 Å². The van der Waals surface area contributed by atoms with Gasteiger partial charge < -0.3 is 40.9 Å². The first-order chi connectivity index (χ1) is 27.2. The van der Waals surface area contributed by atoms with Crippen molar-refractivity contribution in [1.82, 2.24) is 30.9 Å². The number of aryl methyl sites for hydroxylation is 1. The lowest BCUT2D eigenvalue weighted by molar-refractivity contribution is -0.156. The molecule has 0 unspecified atom stereocenters. The fourth-order valence-corrected chi connectivity index (χ4v) is 9.17. The Bertz CT molecular complexity index is 1880. The number of ether oxygens (including phenoxy) is 2. The molecule has 4 amide bonds. The monoisotopic (exact) mass is 866 g/mol. The van der Waals surface area contributed by atoms with Crippen LogP contribution in [0, 0.1) is 20.8 Å². The molecule has 2 fully saturated rings. The zero-order valence-corrected chi connectivity index (χ0v) is 38.5. The van der Waals surface area contributed by atoms with Crippen LogP contribution in [0.2, 0.25) is 18.1 Å². The summed E-state index contributed by atoms with van der Waals surface area (Å²) < 4.78 is 46.2. The largest absolute Gasteiger partial charge is 0.496 e. The number of benzene rings is 1. The first kappa shape index (κ1) is 49.1. The van der Waals surface area contributed by atoms with Crippen molar-refractivity contribution >= 4 is 53.9 Å². The Balaban J connectivity index is 1.83. The lowest BCUT2D eigenvalue weighted by atomic mass is 10.1. The minimum absolute atomic E-state index is 0.00507. The summed E-state index contributed by atoms with van der Waals surface area (Å²) >= 11 is 0. The number of nitrogens with two attached hydrogens (primary N) is 1. The number of methoxy groups -OCH3 is 1. The molecule has 0 aliphatic carbocycles. The summed E-state index contributed by atoms with van der Waals surface area (Å²) in [5.74, 6) is -2.99. The highest BCUT2D eigenvalue weighted by Crippen LogP contribution is 2.36. The van der Waals surface area contributed by atoms with E-state index in [2.05, 4.69) is 64.8 Å². The van der Waals surface area contributed by atoms with Gasteiger partial charge in [0.15, 0.2) is 8.32 Å². The molecular formula is C39H66N8O10SSi. The number of aliphatic imine (C=N–C) groups is 1. The van der Waals surface area contributed by atoms with Crippen molar-refractivity contribution in [3.05, 3.63) is 22.8 Å². The first-order valence-corrected chi connectivity index (χ1v) is 24.3. The lowest BCUT2D eigenvalue weighted by Crippen LogP contribution is -2.55. The van der Waals surface area contributed by atoms with Crippen molar-refractivity contribution in [3.63, 3.8) is 0 Å². The third-order valence-electron chi connectivity index (χ3n) is 10.8. The van der Waals surface area contributed by atoms with Gasteiger partial charge in [-0.15, -0.1) is 0 Å². The number of esters is 1. The van der Waals surface area contributed by atoms with Crippen LogP contribution in [0.1, 0.15) is 83.9 Å². The molecule has 0 saturated carbocycles. The Morgan fingerprint density at radius 1 is 0.983 bits per heavy atom. The molecule has 2 bridgehead atoms. The number of guanidine groups is 1. The molecule has 332 valence electrons. The molecule has 18 nitrogen and oxygen atoms in total. The Kier molecular flexibility index (Phi) is 16.5. The van der Waals surface area contributed by atoms with E-state index in [1.54, 1.807) is 47.6 Å². The standard InChI is InChI=1S/C39H66N8O10SSi/c1-23-18-30(55-10)24(2)25(3)33(23)58(53,54)46-37(40)41-15-13-14-27-34(50)42-21-31(48)44-28(20-32(49)57-38(4,5)6)35(51)43-26-19-29(36(52)45-27)47(22-26)16-17-56-59(11,12)39(7,8)9/h18,26-29H,13-17,19-22H2,1-12H3,(H,42,50)(H,43,51)(H,44,48)(H,45,52)(H3,40,41,46)/t26-,27-,28-,29-/m0/s1. The second kappa shape index (κ2) is 19.9. The number of likely N-dealkylation sites (tertiary alicyclic amines) is 1. The molecule has 2 aliphatic heterocycles. The van der Waals surface area contributed by atoms with Gasteiger partial charge in [-0.1, -0.05) is 20.8 Å². The van der Waals surface area contributed by atoms with Crippen molar-refractivity contribution < 1.29 is 46.3 Å². The number of sulfonamides is 1. The molecule has 0 spiro atoms. The molecule has 20 heteroatoms. The highest BCUT2D eigenvalue weighted by atomic mass is 32.2. The van der Waals surface area contributed by atoms with Crippen LogP contribution in [-0.2, 0) is 43.2 Å². The molecule has 0 aromatic heterocycles. The van der Waals surface area contributed by atoms with E-state index in [4.69, 9.17) is 19.6 Å². The summed E-state index contributed by atoms with van der Waals surface area (Å²) in [6.07, 6.45) is -0.0169. The molecule has 59 heavy (non-hydrogen) atoms. The van der Waals surface area contributed by atoms with Gasteiger partial charge in [0.05, 0.1) is 31.0 Å². The van der Waals surface area contributed by atoms with Gasteiger partial charge in [-0.05, 0) is 102 Å². The van der Waals surface area contributed by atoms with E-state index in [0.717, 1.165) is 0 Å². The maximum Gasteiger partial charge on any atom is 0.308 e. The average molecular weight is 867 g/mol. The van der Waals surface area contributed by atoms with Crippen LogP contribution in [0.3, 0.4) is 0 Å². The molecule has 2 heterocycles. The number of carbonyl (C=O) groups is 5. The number of hydrogen-bond donors (Lipinski definition) is 6. The van der Waals surface area contributed by atoms with E-state index in [0.29, 0.717) is 35.6 Å². The Hall–Kier alpha value is -4.27. The summed E-state index contributed by atoms with van der Waals surface area (Å²) in [6, 6.07) is -2.08. The van der Waals surface area contributed by atoms with E-state index >= 15 is 0 Å². The predicted molar refractivity (Wildman–Crippen MR) is 226 cm³/mol. The Labute approximate surface area is 350 Å². The van der Waals surface area contributed by atoms with E-state index in [9.17, 15) is 32.4 Å². The minimum atomic E-state index is -4.11. The highest BCUT2D eigenvalue weighted by molar-refractivity contribution is 7.90. The van der Waals surface area contributed by atoms with Crippen molar-refractivity contribution in [3.8, 4) is 5.75 Å². The van der Waals surface area contributed by atoms with Gasteiger partial charge in [0.25, 0.3) is 10.0 Å². The smallest absolute Gasteiger partial charge is 0.308 e. The normalized spacial score (nSPS) is 21.8. The van der Waals surface area contributed by atoms with Gasteiger partial charge in [0, 0.05) is 32.3 Å². The van der Waals surface area contributed by atoms with Crippen LogP contribution in [0.4, 0.5) is 0 Å². The molecule has 2 saturated heterocycles. The molecule has 1 aromatic rings. The van der Waals surface area contributed by atoms with E-state index in [-0.39, 0.29) is 48.2 Å². The summed E-state index contributed by atoms with van der Waals surface area (Å²) in [5, 5.41) is 10.8. The quantitative estimate of drug-likeness (QED) is 0.0542. The summed E-state index contributed by atoms with van der Waals surface area (Å²) in [6.45, 7) is 21.2. The number of carbonyl (C=O) groups excluding carboxylic acids is 5. The van der Waals surface area contributed by atoms with Gasteiger partial charge in [-0.3, -0.25) is 33.9 Å². The molecule has 4 atom stereocenters. The fourth-order valence-electron chi connectivity index (χ4n) is 6.66. The van der Waals surface area contributed by atoms with E-state index in [1.165, 1.54) is 7.11 Å². The number of rotatable bonds is 13. The fraction of sp³-hybridized carbons (Fsp3) is 0.692. The topological polar surface area (TPSA) is 249 Å². The number of hydrogen-bond acceptors (Lipinski definition) is 12. The van der Waals surface area contributed by atoms with Crippen LogP contribution < -0.4 is 36.5 Å². The van der Waals surface area contributed by atoms with Crippen LogP contribution >= 0.6 is 0 Å². The average Bonchev–Trinajstić information content (AvgIpc) is 3.49. The lowest BCUT2D eigenvalue weighted by Gasteiger charge is -2.37. The van der Waals surface area contributed by atoms with Gasteiger partial charge >= 0.3 is 5.97 Å². The first-order valence-electron chi connectivity index (χ1n) is 19.9. The van der Waals surface area contributed by atoms with E-state index < -0.39 is 90.7 Å². The van der Waals surface area contributed by atoms with Gasteiger partial charge in [-0.25, -0.2) is 13.1 Å². The zero-order valence-electron chi connectivity index (χ0n) is 36.7. The van der Waals surface area contributed by atoms with Crippen molar-refractivity contribution in [2.45, 2.75) is 141 Å². The Morgan fingerprint density at radius 2 is 1.64 bits per heavy atom. The van der Waals surface area contributed by atoms with Gasteiger partial charge in [-0.2, -0.15) is 0 Å². The second-order valence-corrected chi connectivity index (χ2v) is 24.2. The number of fused-ring (bicyclic) bond motifs is 2. The second-order valence-electron chi connectivity index (χ2n) is 17.7. The van der Waals surface area contributed by atoms with Crippen LogP contribution in [0.5, 0.6) is 5.75 Å². The number of nitrogens with zero attached hydrogens (tertiary/aromatic N) is 2.